The highest BCUT2D eigenvalue weighted by Gasteiger charge is 2.30. The lowest BCUT2D eigenvalue weighted by Gasteiger charge is -2.16. The molecule has 2 nitrogen and oxygen atoms in total. The Morgan fingerprint density at radius 2 is 2.46 bits per heavy atom. The Hall–Kier alpha value is -0.580. The lowest BCUT2D eigenvalue weighted by Crippen LogP contribution is -2.12. The van der Waals surface area contributed by atoms with Crippen LogP contribution in [-0.2, 0) is 4.57 Å². The van der Waals surface area contributed by atoms with Crippen LogP contribution in [0.25, 0.3) is 0 Å². The molecule has 13 heavy (non-hydrogen) atoms. The molecule has 0 N–H and O–H groups in total. The van der Waals surface area contributed by atoms with Crippen LogP contribution in [0.15, 0.2) is 17.5 Å². The Labute approximate surface area is 82.6 Å². The van der Waals surface area contributed by atoms with Gasteiger partial charge in [-0.1, -0.05) is 13.0 Å². The van der Waals surface area contributed by atoms with E-state index < -0.39 is 7.14 Å². The van der Waals surface area contributed by atoms with Crippen molar-refractivity contribution in [1.82, 2.24) is 0 Å². The zero-order valence-electron chi connectivity index (χ0n) is 7.73. The molecule has 0 amide bonds. The fourth-order valence-electron chi connectivity index (χ4n) is 1.20. The predicted molar refractivity (Wildman–Crippen MR) is 57.2 cm³/mol. The Kier molecular flexibility index (Phi) is 3.30. The molecule has 0 radical (unpaired) electrons. The van der Waals surface area contributed by atoms with Crippen molar-refractivity contribution in [3.63, 3.8) is 0 Å². The standard InChI is InChI=1S/C9H12NOPS/c1-3-12(11,8(2)7-10)9-5-4-6-13-9/h4-6,8H,3H2,1-2H3. The van der Waals surface area contributed by atoms with Crippen LogP contribution in [0.4, 0.5) is 0 Å². The Morgan fingerprint density at radius 3 is 2.85 bits per heavy atom. The Balaban J connectivity index is 3.11. The molecule has 1 rings (SSSR count). The summed E-state index contributed by atoms with van der Waals surface area (Å²) < 4.78 is 13.2. The lowest BCUT2D eigenvalue weighted by molar-refractivity contribution is 0.579. The maximum absolute atomic E-state index is 12.4. The number of nitriles is 1. The van der Waals surface area contributed by atoms with E-state index in [1.165, 1.54) is 11.3 Å². The van der Waals surface area contributed by atoms with Gasteiger partial charge in [-0.2, -0.15) is 5.26 Å². The lowest BCUT2D eigenvalue weighted by atomic mass is 10.5. The molecule has 2 atom stereocenters. The number of hydrogen-bond donors (Lipinski definition) is 0. The fraction of sp³-hybridized carbons (Fsp3) is 0.444. The van der Waals surface area contributed by atoms with Crippen LogP contribution >= 0.6 is 18.5 Å². The summed E-state index contributed by atoms with van der Waals surface area (Å²) in [7, 11) is -2.44. The van der Waals surface area contributed by atoms with Crippen LogP contribution in [0.5, 0.6) is 0 Å². The normalized spacial score (nSPS) is 17.3. The second-order valence-electron chi connectivity index (χ2n) is 2.87. The second kappa shape index (κ2) is 4.09. The molecule has 0 saturated heterocycles. The van der Waals surface area contributed by atoms with Crippen molar-refractivity contribution in [3.05, 3.63) is 17.5 Å². The predicted octanol–water partition coefficient (Wildman–Crippen LogP) is 2.67. The van der Waals surface area contributed by atoms with Crippen molar-refractivity contribution in [2.75, 3.05) is 6.16 Å². The van der Waals surface area contributed by atoms with Gasteiger partial charge in [-0.15, -0.1) is 11.3 Å². The van der Waals surface area contributed by atoms with E-state index in [2.05, 4.69) is 6.07 Å². The van der Waals surface area contributed by atoms with Gasteiger partial charge < -0.3 is 4.57 Å². The molecule has 2 unspecified atom stereocenters. The molecule has 0 aliphatic heterocycles. The monoisotopic (exact) mass is 213 g/mol. The van der Waals surface area contributed by atoms with Crippen LogP contribution in [0.3, 0.4) is 0 Å². The molecule has 4 heteroatoms. The summed E-state index contributed by atoms with van der Waals surface area (Å²) in [4.78, 5) is 0. The van der Waals surface area contributed by atoms with Crippen LogP contribution < -0.4 is 4.62 Å². The molecule has 0 aliphatic carbocycles. The Bertz CT molecular complexity index is 352. The smallest absolute Gasteiger partial charge is 0.140 e. The maximum Gasteiger partial charge on any atom is 0.140 e. The van der Waals surface area contributed by atoms with Gasteiger partial charge in [0.15, 0.2) is 0 Å². The maximum atomic E-state index is 12.4. The second-order valence-corrected chi connectivity index (χ2v) is 7.60. The first-order valence-corrected chi connectivity index (χ1v) is 7.01. The summed E-state index contributed by atoms with van der Waals surface area (Å²) in [6.45, 7) is 3.62. The van der Waals surface area contributed by atoms with Crippen LogP contribution in [-0.4, -0.2) is 11.8 Å². The van der Waals surface area contributed by atoms with Gasteiger partial charge in [-0.05, 0) is 18.4 Å². The zero-order valence-corrected chi connectivity index (χ0v) is 9.44. The van der Waals surface area contributed by atoms with E-state index in [-0.39, 0.29) is 5.66 Å². The van der Waals surface area contributed by atoms with Crippen molar-refractivity contribution < 1.29 is 4.57 Å². The third kappa shape index (κ3) is 1.85. The molecule has 0 spiro atoms. The molecule has 70 valence electrons. The van der Waals surface area contributed by atoms with E-state index in [0.29, 0.717) is 6.16 Å². The van der Waals surface area contributed by atoms with Crippen molar-refractivity contribution in [1.29, 1.82) is 5.26 Å². The van der Waals surface area contributed by atoms with E-state index in [1.54, 1.807) is 6.92 Å². The van der Waals surface area contributed by atoms with Crippen molar-refractivity contribution in [2.45, 2.75) is 19.5 Å². The molecule has 0 fully saturated rings. The third-order valence-corrected chi connectivity index (χ3v) is 7.28. The topological polar surface area (TPSA) is 40.9 Å². The molecular weight excluding hydrogens is 201 g/mol. The third-order valence-electron chi connectivity index (χ3n) is 2.16. The van der Waals surface area contributed by atoms with Crippen LogP contribution in [0.2, 0.25) is 0 Å². The molecule has 0 bridgehead atoms. The van der Waals surface area contributed by atoms with Crippen molar-refractivity contribution in [3.8, 4) is 6.07 Å². The van der Waals surface area contributed by atoms with Gasteiger partial charge in [-0.25, -0.2) is 0 Å². The van der Waals surface area contributed by atoms with Gasteiger partial charge in [-0.3, -0.25) is 0 Å². The van der Waals surface area contributed by atoms with Gasteiger partial charge >= 0.3 is 0 Å². The van der Waals surface area contributed by atoms with Gasteiger partial charge in [0.2, 0.25) is 0 Å². The highest BCUT2D eigenvalue weighted by Crippen LogP contribution is 2.49. The number of rotatable bonds is 3. The van der Waals surface area contributed by atoms with Crippen molar-refractivity contribution >= 4 is 23.1 Å². The zero-order chi connectivity index (χ0) is 9.90. The SMILES string of the molecule is CCP(=O)(c1cccs1)C(C)C#N. The summed E-state index contributed by atoms with van der Waals surface area (Å²) in [5.74, 6) is 0. The average Bonchev–Trinajstić information content (AvgIpc) is 2.68. The molecule has 0 saturated carbocycles. The van der Waals surface area contributed by atoms with Gasteiger partial charge in [0.25, 0.3) is 0 Å². The van der Waals surface area contributed by atoms with Gasteiger partial charge in [0, 0.05) is 6.16 Å². The minimum Gasteiger partial charge on any atom is -0.316 e. The summed E-state index contributed by atoms with van der Waals surface area (Å²) in [5.41, 5.74) is -0.365. The first-order valence-electron chi connectivity index (χ1n) is 4.17. The Morgan fingerprint density at radius 1 is 1.77 bits per heavy atom. The van der Waals surface area contributed by atoms with Gasteiger partial charge in [0.05, 0.1) is 10.7 Å². The quantitative estimate of drug-likeness (QED) is 0.724. The average molecular weight is 213 g/mol. The number of nitrogens with zero attached hydrogens (tertiary/aromatic N) is 1. The molecule has 1 aromatic rings. The molecule has 1 heterocycles. The minimum atomic E-state index is -2.44. The molecule has 0 aromatic carbocycles. The van der Waals surface area contributed by atoms with Crippen LogP contribution in [0, 0.1) is 11.3 Å². The van der Waals surface area contributed by atoms with E-state index >= 15 is 0 Å². The highest BCUT2D eigenvalue weighted by molar-refractivity contribution is 7.77. The number of thiophene rings is 1. The molecule has 0 aliphatic rings. The number of hydrogen-bond acceptors (Lipinski definition) is 3. The highest BCUT2D eigenvalue weighted by atomic mass is 32.1. The fourth-order valence-corrected chi connectivity index (χ4v) is 5.18. The largest absolute Gasteiger partial charge is 0.316 e. The summed E-state index contributed by atoms with van der Waals surface area (Å²) in [5, 5.41) is 10.7. The summed E-state index contributed by atoms with van der Waals surface area (Å²) in [6, 6.07) is 5.83. The molecule has 1 aromatic heterocycles. The van der Waals surface area contributed by atoms with Gasteiger partial charge in [0.1, 0.15) is 12.8 Å². The summed E-state index contributed by atoms with van der Waals surface area (Å²) >= 11 is 1.48. The first-order chi connectivity index (χ1) is 6.15. The minimum absolute atomic E-state index is 0.365. The van der Waals surface area contributed by atoms with Crippen molar-refractivity contribution in [2.24, 2.45) is 0 Å². The van der Waals surface area contributed by atoms with E-state index in [9.17, 15) is 4.57 Å². The summed E-state index contributed by atoms with van der Waals surface area (Å²) in [6.07, 6.45) is 0.572. The van der Waals surface area contributed by atoms with E-state index in [1.807, 2.05) is 24.4 Å². The van der Waals surface area contributed by atoms with E-state index in [4.69, 9.17) is 5.26 Å². The molecular formula is C9H12NOPS. The first kappa shape index (κ1) is 10.5. The van der Waals surface area contributed by atoms with E-state index in [0.717, 1.165) is 4.62 Å². The van der Waals surface area contributed by atoms with Crippen LogP contribution in [0.1, 0.15) is 13.8 Å².